The van der Waals surface area contributed by atoms with Crippen molar-refractivity contribution in [1.82, 2.24) is 0 Å². The normalized spacial score (nSPS) is 5.40. The smallest absolute Gasteiger partial charge is 0.867 e. The maximum atomic E-state index is 9.89. The zero-order valence-corrected chi connectivity index (χ0v) is 3.01. The first-order valence-corrected chi connectivity index (χ1v) is 0.690. The predicted molar refractivity (Wildman–Crippen MR) is 6.86 cm³/mol. The van der Waals surface area contributed by atoms with Gasteiger partial charge in [0.25, 0.3) is 0 Å². The number of halogens is 1. The second-order valence-electron chi connectivity index (χ2n) is 0.274. The SMILES string of the molecule is [Cu+2].[O-]B([O-])F. The van der Waals surface area contributed by atoms with Crippen molar-refractivity contribution in [3.8, 4) is 0 Å². The van der Waals surface area contributed by atoms with Gasteiger partial charge in [-0.25, -0.2) is 0 Å². The summed E-state index contributed by atoms with van der Waals surface area (Å²) in [6.45, 7) is 0. The van der Waals surface area contributed by atoms with E-state index >= 15 is 0 Å². The van der Waals surface area contributed by atoms with Crippen LogP contribution in [0.5, 0.6) is 0 Å². The molecule has 0 bridgehead atoms. The third-order valence-electron chi connectivity index (χ3n) is 0. The van der Waals surface area contributed by atoms with E-state index in [2.05, 4.69) is 0 Å². The van der Waals surface area contributed by atoms with Crippen molar-refractivity contribution >= 4 is 7.40 Å². The molecule has 0 amide bonds. The van der Waals surface area contributed by atoms with Crippen LogP contribution in [-0.4, -0.2) is 7.40 Å². The molecule has 5 heavy (non-hydrogen) atoms. The summed E-state index contributed by atoms with van der Waals surface area (Å²) in [5, 5.41) is 16.6. The Morgan fingerprint density at radius 1 is 1.40 bits per heavy atom. The standard InChI is InChI=1S/BFO2.Cu/c2-1(3)4;/q-2;+2. The molecule has 0 aliphatic rings. The maximum absolute atomic E-state index is 9.89. The fourth-order valence-corrected chi connectivity index (χ4v) is 0. The molecule has 33 valence electrons. The molecule has 0 aromatic carbocycles. The molecule has 0 aliphatic carbocycles. The first-order chi connectivity index (χ1) is 1.73. The zero-order chi connectivity index (χ0) is 3.58. The number of hydrogen-bond acceptors (Lipinski definition) is 2. The van der Waals surface area contributed by atoms with Gasteiger partial charge in [-0.1, -0.05) is 0 Å². The van der Waals surface area contributed by atoms with Crippen molar-refractivity contribution in [3.05, 3.63) is 0 Å². The molecule has 0 N–H and O–H groups in total. The van der Waals surface area contributed by atoms with Gasteiger partial charge in [-0.2, -0.15) is 0 Å². The summed E-state index contributed by atoms with van der Waals surface area (Å²) in [7, 11) is -3.17. The van der Waals surface area contributed by atoms with Gasteiger partial charge in [-0.3, -0.25) is 0 Å². The Hall–Kier alpha value is 0.434. The molecule has 2 nitrogen and oxygen atoms in total. The first kappa shape index (κ1) is 9.06. The summed E-state index contributed by atoms with van der Waals surface area (Å²) >= 11 is 0. The van der Waals surface area contributed by atoms with Crippen LogP contribution in [0.25, 0.3) is 0 Å². The Bertz CT molecular complexity index is 14.4. The first-order valence-electron chi connectivity index (χ1n) is 0.690. The predicted octanol–water partition coefficient (Wildman–Crippen LogP) is -2.34. The van der Waals surface area contributed by atoms with Gasteiger partial charge < -0.3 is 14.4 Å². The molecule has 0 spiro atoms. The summed E-state index contributed by atoms with van der Waals surface area (Å²) in [4.78, 5) is 0. The van der Waals surface area contributed by atoms with Crippen molar-refractivity contribution < 1.29 is 31.4 Å². The van der Waals surface area contributed by atoms with Gasteiger partial charge in [0.1, 0.15) is 7.40 Å². The molecule has 0 rings (SSSR count). The van der Waals surface area contributed by atoms with Crippen LogP contribution >= 0.6 is 0 Å². The number of hydrogen-bond donors (Lipinski definition) is 0. The minimum Gasteiger partial charge on any atom is -0.867 e. The number of rotatable bonds is 0. The van der Waals surface area contributed by atoms with Crippen molar-refractivity contribution in [2.24, 2.45) is 0 Å². The van der Waals surface area contributed by atoms with Gasteiger partial charge in [0.05, 0.1) is 0 Å². The third kappa shape index (κ3) is 139. The molecule has 0 saturated carbocycles. The zero-order valence-electron chi connectivity index (χ0n) is 2.07. The van der Waals surface area contributed by atoms with Crippen LogP contribution in [0.4, 0.5) is 4.32 Å². The molecule has 5 heteroatoms. The van der Waals surface area contributed by atoms with Crippen molar-refractivity contribution in [2.75, 3.05) is 0 Å². The molecular formula is BCuFO2. The average Bonchev–Trinajstić information content (AvgIpc) is 0.811. The third-order valence-corrected chi connectivity index (χ3v) is 0. The summed E-state index contributed by atoms with van der Waals surface area (Å²) < 4.78 is 9.89. The quantitative estimate of drug-likeness (QED) is 0.341. The minimum absolute atomic E-state index is 0. The van der Waals surface area contributed by atoms with Crippen molar-refractivity contribution in [1.29, 1.82) is 0 Å². The average molecular weight is 125 g/mol. The van der Waals surface area contributed by atoms with Gasteiger partial charge in [0, 0.05) is 0 Å². The van der Waals surface area contributed by atoms with Gasteiger partial charge in [-0.15, -0.1) is 0 Å². The molecule has 0 atom stereocenters. The van der Waals surface area contributed by atoms with Gasteiger partial charge in [0.2, 0.25) is 0 Å². The van der Waals surface area contributed by atoms with Crippen LogP contribution in [0, 0.1) is 0 Å². The Kier molecular flexibility index (Phi) is 8.04. The monoisotopic (exact) mass is 125 g/mol. The maximum Gasteiger partial charge on any atom is 2.00 e. The molecule has 0 heterocycles. The van der Waals surface area contributed by atoms with Crippen LogP contribution in [-0.2, 0) is 17.1 Å². The second kappa shape index (κ2) is 4.43. The molecule has 1 radical (unpaired) electrons. The van der Waals surface area contributed by atoms with E-state index in [0.717, 1.165) is 0 Å². The van der Waals surface area contributed by atoms with Crippen LogP contribution in [0.3, 0.4) is 0 Å². The Labute approximate surface area is 39.7 Å². The van der Waals surface area contributed by atoms with Crippen molar-refractivity contribution in [3.63, 3.8) is 0 Å². The van der Waals surface area contributed by atoms with E-state index in [1.54, 1.807) is 0 Å². The summed E-state index contributed by atoms with van der Waals surface area (Å²) in [6, 6.07) is 0. The topological polar surface area (TPSA) is 46.1 Å². The molecule has 0 fully saturated rings. The summed E-state index contributed by atoms with van der Waals surface area (Å²) in [5.41, 5.74) is 0. The Morgan fingerprint density at radius 3 is 1.40 bits per heavy atom. The van der Waals surface area contributed by atoms with Crippen LogP contribution in [0.2, 0.25) is 0 Å². The minimum atomic E-state index is -3.17. The van der Waals surface area contributed by atoms with E-state index in [0.29, 0.717) is 0 Å². The fourth-order valence-electron chi connectivity index (χ4n) is 0. The van der Waals surface area contributed by atoms with Gasteiger partial charge >= 0.3 is 17.1 Å². The fraction of sp³-hybridized carbons (Fsp3) is 0. The Morgan fingerprint density at radius 2 is 1.40 bits per heavy atom. The molecule has 0 aliphatic heterocycles. The van der Waals surface area contributed by atoms with Crippen LogP contribution in [0.15, 0.2) is 0 Å². The Balaban J connectivity index is 0. The molecule has 0 saturated heterocycles. The summed E-state index contributed by atoms with van der Waals surface area (Å²) in [6.07, 6.45) is 0. The van der Waals surface area contributed by atoms with Gasteiger partial charge in [-0.05, 0) is 0 Å². The van der Waals surface area contributed by atoms with Crippen LogP contribution < -0.4 is 10.0 Å². The van der Waals surface area contributed by atoms with E-state index in [1.807, 2.05) is 0 Å². The molecule has 0 aromatic heterocycles. The van der Waals surface area contributed by atoms with Gasteiger partial charge in [0.15, 0.2) is 0 Å². The van der Waals surface area contributed by atoms with Crippen molar-refractivity contribution in [2.45, 2.75) is 0 Å². The van der Waals surface area contributed by atoms with E-state index in [1.165, 1.54) is 0 Å². The van der Waals surface area contributed by atoms with E-state index < -0.39 is 7.40 Å². The molecule has 0 aromatic rings. The summed E-state index contributed by atoms with van der Waals surface area (Å²) in [5.74, 6) is 0. The molecule has 0 unspecified atom stereocenters. The van der Waals surface area contributed by atoms with E-state index in [4.69, 9.17) is 10.0 Å². The largest absolute Gasteiger partial charge is 2.00 e. The second-order valence-corrected chi connectivity index (χ2v) is 0.274. The van der Waals surface area contributed by atoms with Crippen LogP contribution in [0.1, 0.15) is 0 Å². The molecular weight excluding hydrogens is 125 g/mol. The van der Waals surface area contributed by atoms with E-state index in [-0.39, 0.29) is 17.1 Å². The van der Waals surface area contributed by atoms with E-state index in [9.17, 15) is 4.32 Å².